The maximum absolute atomic E-state index is 12.3. The zero-order chi connectivity index (χ0) is 18.4. The number of carbonyl (C=O) groups is 2. The first kappa shape index (κ1) is 17.1. The summed E-state index contributed by atoms with van der Waals surface area (Å²) in [7, 11) is 0. The summed E-state index contributed by atoms with van der Waals surface area (Å²) in [5.41, 5.74) is 3.23. The predicted octanol–water partition coefficient (Wildman–Crippen LogP) is 3.68. The molecule has 7 nitrogen and oxygen atoms in total. The quantitative estimate of drug-likeness (QED) is 0.671. The number of rotatable bonds is 4. The maximum Gasteiger partial charge on any atom is 0.323 e. The van der Waals surface area contributed by atoms with Crippen molar-refractivity contribution in [2.45, 2.75) is 6.92 Å². The number of nitrogens with one attached hydrogen (secondary N) is 3. The lowest BCUT2D eigenvalue weighted by Crippen LogP contribution is -2.19. The Balaban J connectivity index is 1.60. The standard InChI is InChI=1S/C19H17N5O2/c1-13-8-10-21-12-17(13)24-18(25)14-4-6-15(7-5-14)22-19(26)23-16-3-2-9-20-11-16/h2-12H,1H3,(H,24,25)(H2,22,23,26). The highest BCUT2D eigenvalue weighted by molar-refractivity contribution is 6.05. The molecule has 0 spiro atoms. The number of pyridine rings is 2. The van der Waals surface area contributed by atoms with Crippen LogP contribution in [-0.2, 0) is 0 Å². The highest BCUT2D eigenvalue weighted by Crippen LogP contribution is 2.15. The molecule has 26 heavy (non-hydrogen) atoms. The number of aromatic nitrogens is 2. The SMILES string of the molecule is Cc1ccncc1NC(=O)c1ccc(NC(=O)Nc2cccnc2)cc1. The number of anilines is 3. The minimum absolute atomic E-state index is 0.243. The molecule has 3 N–H and O–H groups in total. The van der Waals surface area contributed by atoms with Gasteiger partial charge in [0.2, 0.25) is 0 Å². The van der Waals surface area contributed by atoms with E-state index >= 15 is 0 Å². The van der Waals surface area contributed by atoms with Gasteiger partial charge in [-0.3, -0.25) is 14.8 Å². The number of nitrogens with zero attached hydrogens (tertiary/aromatic N) is 2. The van der Waals surface area contributed by atoms with Crippen molar-refractivity contribution in [1.29, 1.82) is 0 Å². The molecule has 2 heterocycles. The van der Waals surface area contributed by atoms with Crippen molar-refractivity contribution in [2.75, 3.05) is 16.0 Å². The van der Waals surface area contributed by atoms with Crippen molar-refractivity contribution in [2.24, 2.45) is 0 Å². The van der Waals surface area contributed by atoms with Gasteiger partial charge in [-0.05, 0) is 55.0 Å². The molecular weight excluding hydrogens is 330 g/mol. The zero-order valence-electron chi connectivity index (χ0n) is 14.1. The Labute approximate surface area is 150 Å². The molecule has 0 radical (unpaired) electrons. The van der Waals surface area contributed by atoms with E-state index < -0.39 is 0 Å². The van der Waals surface area contributed by atoms with E-state index in [1.165, 1.54) is 0 Å². The molecule has 0 bridgehead atoms. The van der Waals surface area contributed by atoms with E-state index in [4.69, 9.17) is 0 Å². The lowest BCUT2D eigenvalue weighted by Gasteiger charge is -2.09. The van der Waals surface area contributed by atoms with Crippen molar-refractivity contribution in [1.82, 2.24) is 9.97 Å². The van der Waals surface area contributed by atoms with Crippen molar-refractivity contribution in [3.8, 4) is 0 Å². The molecule has 2 aromatic heterocycles. The summed E-state index contributed by atoms with van der Waals surface area (Å²) in [5.74, 6) is -0.243. The van der Waals surface area contributed by atoms with E-state index in [1.54, 1.807) is 61.2 Å². The molecule has 1 aromatic carbocycles. The molecule has 7 heteroatoms. The first-order chi connectivity index (χ1) is 12.6. The molecule has 0 aliphatic carbocycles. The number of aryl methyl sites for hydroxylation is 1. The smallest absolute Gasteiger partial charge is 0.320 e. The van der Waals surface area contributed by atoms with E-state index in [1.807, 2.05) is 13.0 Å². The Kier molecular flexibility index (Phi) is 5.19. The average molecular weight is 347 g/mol. The van der Waals surface area contributed by atoms with Crippen molar-refractivity contribution >= 4 is 29.0 Å². The predicted molar refractivity (Wildman–Crippen MR) is 100 cm³/mol. The van der Waals surface area contributed by atoms with Gasteiger partial charge in [-0.25, -0.2) is 4.79 Å². The fourth-order valence-electron chi connectivity index (χ4n) is 2.22. The second-order valence-corrected chi connectivity index (χ2v) is 5.54. The minimum atomic E-state index is -0.388. The molecule has 0 saturated heterocycles. The molecule has 0 aliphatic rings. The van der Waals surface area contributed by atoms with Crippen LogP contribution in [0.5, 0.6) is 0 Å². The summed E-state index contributed by atoms with van der Waals surface area (Å²) in [5, 5.41) is 8.18. The fourth-order valence-corrected chi connectivity index (χ4v) is 2.22. The molecule has 0 unspecified atom stereocenters. The van der Waals surface area contributed by atoms with E-state index in [2.05, 4.69) is 25.9 Å². The van der Waals surface area contributed by atoms with Crippen molar-refractivity contribution in [3.63, 3.8) is 0 Å². The summed E-state index contributed by atoms with van der Waals surface area (Å²) < 4.78 is 0. The van der Waals surface area contributed by atoms with Crippen LogP contribution in [0.1, 0.15) is 15.9 Å². The Morgan fingerprint density at radius 2 is 1.54 bits per heavy atom. The van der Waals surface area contributed by atoms with Gasteiger partial charge < -0.3 is 16.0 Å². The van der Waals surface area contributed by atoms with E-state index in [0.29, 0.717) is 22.6 Å². The molecule has 130 valence electrons. The fraction of sp³-hybridized carbons (Fsp3) is 0.0526. The largest absolute Gasteiger partial charge is 0.323 e. The molecule has 0 atom stereocenters. The monoisotopic (exact) mass is 347 g/mol. The summed E-state index contributed by atoms with van der Waals surface area (Å²) in [4.78, 5) is 32.2. The maximum atomic E-state index is 12.3. The van der Waals surface area contributed by atoms with E-state index in [9.17, 15) is 9.59 Å². The van der Waals surface area contributed by atoms with E-state index in [0.717, 1.165) is 5.56 Å². The van der Waals surface area contributed by atoms with Gasteiger partial charge in [-0.15, -0.1) is 0 Å². The number of hydrogen-bond donors (Lipinski definition) is 3. The molecular formula is C19H17N5O2. The molecule has 3 rings (SSSR count). The van der Waals surface area contributed by atoms with Crippen LogP contribution in [0.25, 0.3) is 0 Å². The van der Waals surface area contributed by atoms with Crippen LogP contribution >= 0.6 is 0 Å². The summed E-state index contributed by atoms with van der Waals surface area (Å²) in [6, 6.07) is 11.5. The first-order valence-corrected chi connectivity index (χ1v) is 7.92. The van der Waals surface area contributed by atoms with Gasteiger partial charge in [0.1, 0.15) is 0 Å². The number of carbonyl (C=O) groups excluding carboxylic acids is 2. The van der Waals surface area contributed by atoms with Crippen LogP contribution in [0.15, 0.2) is 67.3 Å². The Hall–Kier alpha value is -3.74. The van der Waals surface area contributed by atoms with Crippen LogP contribution in [0.2, 0.25) is 0 Å². The second kappa shape index (κ2) is 7.89. The van der Waals surface area contributed by atoms with Crippen LogP contribution < -0.4 is 16.0 Å². The molecule has 0 fully saturated rings. The zero-order valence-corrected chi connectivity index (χ0v) is 14.1. The van der Waals surface area contributed by atoms with Gasteiger partial charge in [0, 0.05) is 23.6 Å². The van der Waals surface area contributed by atoms with Crippen LogP contribution in [0.4, 0.5) is 21.9 Å². The van der Waals surface area contributed by atoms with Gasteiger partial charge in [0.15, 0.2) is 0 Å². The lowest BCUT2D eigenvalue weighted by atomic mass is 10.2. The Morgan fingerprint density at radius 3 is 2.23 bits per heavy atom. The number of hydrogen-bond acceptors (Lipinski definition) is 4. The number of urea groups is 1. The normalized spacial score (nSPS) is 10.0. The van der Waals surface area contributed by atoms with Crippen LogP contribution in [0.3, 0.4) is 0 Å². The molecule has 0 aliphatic heterocycles. The third-order valence-electron chi connectivity index (χ3n) is 3.61. The van der Waals surface area contributed by atoms with Gasteiger partial charge >= 0.3 is 6.03 Å². The molecule has 3 aromatic rings. The average Bonchev–Trinajstić information content (AvgIpc) is 2.65. The Morgan fingerprint density at radius 1 is 0.808 bits per heavy atom. The van der Waals surface area contributed by atoms with Crippen LogP contribution in [0, 0.1) is 6.92 Å². The molecule has 3 amide bonds. The summed E-state index contributed by atoms with van der Waals surface area (Å²) in [6.45, 7) is 1.89. The van der Waals surface area contributed by atoms with Gasteiger partial charge in [-0.2, -0.15) is 0 Å². The van der Waals surface area contributed by atoms with Gasteiger partial charge in [0.25, 0.3) is 5.91 Å². The summed E-state index contributed by atoms with van der Waals surface area (Å²) >= 11 is 0. The van der Waals surface area contributed by atoms with Gasteiger partial charge in [-0.1, -0.05) is 0 Å². The number of benzene rings is 1. The Bertz CT molecular complexity index is 911. The molecule has 0 saturated carbocycles. The van der Waals surface area contributed by atoms with Gasteiger partial charge in [0.05, 0.1) is 23.8 Å². The third kappa shape index (κ3) is 4.41. The highest BCUT2D eigenvalue weighted by atomic mass is 16.2. The second-order valence-electron chi connectivity index (χ2n) is 5.54. The highest BCUT2D eigenvalue weighted by Gasteiger charge is 2.09. The minimum Gasteiger partial charge on any atom is -0.320 e. The van der Waals surface area contributed by atoms with Crippen molar-refractivity contribution < 1.29 is 9.59 Å². The van der Waals surface area contributed by atoms with Crippen LogP contribution in [-0.4, -0.2) is 21.9 Å². The topological polar surface area (TPSA) is 96.0 Å². The van der Waals surface area contributed by atoms with E-state index in [-0.39, 0.29) is 11.9 Å². The lowest BCUT2D eigenvalue weighted by molar-refractivity contribution is 0.102. The number of amides is 3. The third-order valence-corrected chi connectivity index (χ3v) is 3.61. The first-order valence-electron chi connectivity index (χ1n) is 7.92. The van der Waals surface area contributed by atoms with Crippen molar-refractivity contribution in [3.05, 3.63) is 78.4 Å². The summed E-state index contributed by atoms with van der Waals surface area (Å²) in [6.07, 6.45) is 6.45.